The zero-order valence-corrected chi connectivity index (χ0v) is 16.2. The summed E-state index contributed by atoms with van der Waals surface area (Å²) in [5.41, 5.74) is 3.82. The van der Waals surface area contributed by atoms with Crippen molar-refractivity contribution in [2.75, 3.05) is 24.5 Å². The van der Waals surface area contributed by atoms with E-state index in [0.717, 1.165) is 44.5 Å². The van der Waals surface area contributed by atoms with Crippen LogP contribution in [0.25, 0.3) is 0 Å². The highest BCUT2D eigenvalue weighted by molar-refractivity contribution is 5.88. The Morgan fingerprint density at radius 3 is 2.56 bits per heavy atom. The van der Waals surface area contributed by atoms with Crippen LogP contribution in [-0.4, -0.2) is 42.8 Å². The van der Waals surface area contributed by atoms with Crippen molar-refractivity contribution in [3.63, 3.8) is 0 Å². The Bertz CT molecular complexity index is 665. The molecule has 0 saturated heterocycles. The molecule has 0 unspecified atom stereocenters. The molecule has 0 radical (unpaired) electrons. The summed E-state index contributed by atoms with van der Waals surface area (Å²) in [6.45, 7) is 5.72. The summed E-state index contributed by atoms with van der Waals surface area (Å²) in [6.07, 6.45) is 6.52. The Hall–Kier alpha value is -2.57. The van der Waals surface area contributed by atoms with Crippen molar-refractivity contribution in [3.8, 4) is 5.75 Å². The molecule has 0 spiro atoms. The van der Waals surface area contributed by atoms with Gasteiger partial charge in [0.05, 0.1) is 12.8 Å². The monoisotopic (exact) mass is 374 g/mol. The van der Waals surface area contributed by atoms with E-state index >= 15 is 0 Å². The SMILES string of the molecule is CCN(CC)c1ccc(/C=N/NC(=O)CNC(=O)C2CCCCC2)c(O)c1. The molecule has 7 heteroatoms. The zero-order chi connectivity index (χ0) is 19.6. The van der Waals surface area contributed by atoms with Crippen molar-refractivity contribution in [1.82, 2.24) is 10.7 Å². The largest absolute Gasteiger partial charge is 0.507 e. The van der Waals surface area contributed by atoms with E-state index in [4.69, 9.17) is 0 Å². The first-order valence-corrected chi connectivity index (χ1v) is 9.72. The Morgan fingerprint density at radius 2 is 1.93 bits per heavy atom. The van der Waals surface area contributed by atoms with Gasteiger partial charge in [-0.05, 0) is 38.8 Å². The second kappa shape index (κ2) is 10.5. The maximum absolute atomic E-state index is 12.0. The van der Waals surface area contributed by atoms with Crippen LogP contribution >= 0.6 is 0 Å². The van der Waals surface area contributed by atoms with E-state index in [1.807, 2.05) is 6.07 Å². The van der Waals surface area contributed by atoms with Gasteiger partial charge >= 0.3 is 0 Å². The molecule has 0 aromatic heterocycles. The van der Waals surface area contributed by atoms with E-state index in [2.05, 4.69) is 34.6 Å². The molecule has 1 saturated carbocycles. The first-order chi connectivity index (χ1) is 13.0. The molecule has 1 aromatic carbocycles. The number of hydrogen-bond acceptors (Lipinski definition) is 5. The Balaban J connectivity index is 1.80. The van der Waals surface area contributed by atoms with Gasteiger partial charge in [0.2, 0.25) is 5.91 Å². The first-order valence-electron chi connectivity index (χ1n) is 9.72. The number of nitrogens with one attached hydrogen (secondary N) is 2. The number of anilines is 1. The molecule has 27 heavy (non-hydrogen) atoms. The summed E-state index contributed by atoms with van der Waals surface area (Å²) in [5, 5.41) is 16.7. The van der Waals surface area contributed by atoms with Gasteiger partial charge in [-0.15, -0.1) is 0 Å². The molecule has 0 atom stereocenters. The third kappa shape index (κ3) is 6.27. The van der Waals surface area contributed by atoms with Crippen LogP contribution in [0.3, 0.4) is 0 Å². The van der Waals surface area contributed by atoms with E-state index in [-0.39, 0.29) is 24.1 Å². The van der Waals surface area contributed by atoms with Gasteiger partial charge in [-0.1, -0.05) is 19.3 Å². The third-order valence-corrected chi connectivity index (χ3v) is 4.93. The number of carbonyl (C=O) groups excluding carboxylic acids is 2. The maximum Gasteiger partial charge on any atom is 0.259 e. The molecule has 1 fully saturated rings. The molecule has 3 N–H and O–H groups in total. The molecule has 0 aliphatic heterocycles. The molecule has 1 aromatic rings. The van der Waals surface area contributed by atoms with Gasteiger partial charge in [-0.3, -0.25) is 9.59 Å². The highest BCUT2D eigenvalue weighted by Crippen LogP contribution is 2.24. The summed E-state index contributed by atoms with van der Waals surface area (Å²) in [6, 6.07) is 5.34. The minimum atomic E-state index is -0.394. The zero-order valence-electron chi connectivity index (χ0n) is 16.2. The molecule has 1 aliphatic rings. The van der Waals surface area contributed by atoms with Crippen molar-refractivity contribution >= 4 is 23.7 Å². The van der Waals surface area contributed by atoms with Crippen LogP contribution in [0.1, 0.15) is 51.5 Å². The van der Waals surface area contributed by atoms with Crippen molar-refractivity contribution in [2.45, 2.75) is 46.0 Å². The van der Waals surface area contributed by atoms with Crippen molar-refractivity contribution in [1.29, 1.82) is 0 Å². The fraction of sp³-hybridized carbons (Fsp3) is 0.550. The van der Waals surface area contributed by atoms with Gasteiger partial charge in [0.15, 0.2) is 0 Å². The molecule has 148 valence electrons. The lowest BCUT2D eigenvalue weighted by atomic mass is 9.89. The number of hydrazone groups is 1. The van der Waals surface area contributed by atoms with Gasteiger partial charge < -0.3 is 15.3 Å². The summed E-state index contributed by atoms with van der Waals surface area (Å²) < 4.78 is 0. The maximum atomic E-state index is 12.0. The number of aromatic hydroxyl groups is 1. The topological polar surface area (TPSA) is 94.0 Å². The van der Waals surface area contributed by atoms with Gasteiger partial charge in [0, 0.05) is 36.3 Å². The van der Waals surface area contributed by atoms with Crippen LogP contribution < -0.4 is 15.6 Å². The summed E-state index contributed by atoms with van der Waals surface area (Å²) in [7, 11) is 0. The minimum Gasteiger partial charge on any atom is -0.507 e. The van der Waals surface area contributed by atoms with E-state index in [9.17, 15) is 14.7 Å². The van der Waals surface area contributed by atoms with Crippen LogP contribution in [0.15, 0.2) is 23.3 Å². The predicted octanol–water partition coefficient (Wildman–Crippen LogP) is 2.38. The van der Waals surface area contributed by atoms with Crippen LogP contribution in [0.2, 0.25) is 0 Å². The Labute approximate surface area is 160 Å². The Morgan fingerprint density at radius 1 is 1.22 bits per heavy atom. The lowest BCUT2D eigenvalue weighted by Crippen LogP contribution is -2.38. The van der Waals surface area contributed by atoms with Crippen LogP contribution in [0, 0.1) is 5.92 Å². The van der Waals surface area contributed by atoms with Crippen LogP contribution in [0.4, 0.5) is 5.69 Å². The standard InChI is InChI=1S/C20H30N4O3/c1-3-24(4-2)17-11-10-16(18(25)12-17)13-22-23-19(26)14-21-20(27)15-8-6-5-7-9-15/h10-13,15,25H,3-9,14H2,1-2H3,(H,21,27)(H,23,26)/b22-13+. The molecule has 2 rings (SSSR count). The normalized spacial score (nSPS) is 14.9. The molecule has 0 heterocycles. The second-order valence-corrected chi connectivity index (χ2v) is 6.76. The predicted molar refractivity (Wildman–Crippen MR) is 107 cm³/mol. The number of rotatable bonds is 8. The van der Waals surface area contributed by atoms with Crippen molar-refractivity contribution < 1.29 is 14.7 Å². The smallest absolute Gasteiger partial charge is 0.259 e. The molecular weight excluding hydrogens is 344 g/mol. The number of carbonyl (C=O) groups is 2. The summed E-state index contributed by atoms with van der Waals surface area (Å²) >= 11 is 0. The summed E-state index contributed by atoms with van der Waals surface area (Å²) in [4.78, 5) is 26.0. The van der Waals surface area contributed by atoms with E-state index in [1.165, 1.54) is 12.6 Å². The number of phenolic OH excluding ortho intramolecular Hbond substituents is 1. The molecule has 0 bridgehead atoms. The first kappa shape index (κ1) is 20.7. The third-order valence-electron chi connectivity index (χ3n) is 4.93. The van der Waals surface area contributed by atoms with Gasteiger partial charge in [0.1, 0.15) is 5.75 Å². The fourth-order valence-corrected chi connectivity index (χ4v) is 3.32. The van der Waals surface area contributed by atoms with Gasteiger partial charge in [0.25, 0.3) is 5.91 Å². The molecular formula is C20H30N4O3. The lowest BCUT2D eigenvalue weighted by Gasteiger charge is -2.21. The molecule has 7 nitrogen and oxygen atoms in total. The summed E-state index contributed by atoms with van der Waals surface area (Å²) in [5.74, 6) is -0.326. The quantitative estimate of drug-likeness (QED) is 0.481. The highest BCUT2D eigenvalue weighted by atomic mass is 16.3. The average Bonchev–Trinajstić information content (AvgIpc) is 2.69. The fourth-order valence-electron chi connectivity index (χ4n) is 3.32. The van der Waals surface area contributed by atoms with E-state index in [1.54, 1.807) is 12.1 Å². The minimum absolute atomic E-state index is 0.0244. The molecule has 2 amide bonds. The van der Waals surface area contributed by atoms with Gasteiger partial charge in [-0.25, -0.2) is 5.43 Å². The number of amides is 2. The number of nitrogens with zero attached hydrogens (tertiary/aromatic N) is 2. The van der Waals surface area contributed by atoms with Crippen molar-refractivity contribution in [3.05, 3.63) is 23.8 Å². The number of benzene rings is 1. The van der Waals surface area contributed by atoms with Crippen LogP contribution in [0.5, 0.6) is 5.75 Å². The van der Waals surface area contributed by atoms with Crippen molar-refractivity contribution in [2.24, 2.45) is 11.0 Å². The highest BCUT2D eigenvalue weighted by Gasteiger charge is 2.21. The Kier molecular flexibility index (Phi) is 8.10. The van der Waals surface area contributed by atoms with Crippen LogP contribution in [-0.2, 0) is 9.59 Å². The average molecular weight is 374 g/mol. The van der Waals surface area contributed by atoms with Gasteiger partial charge in [-0.2, -0.15) is 5.10 Å². The van der Waals surface area contributed by atoms with E-state index < -0.39 is 5.91 Å². The molecule has 1 aliphatic carbocycles. The number of hydrogen-bond donors (Lipinski definition) is 3. The number of phenols is 1. The second-order valence-electron chi connectivity index (χ2n) is 6.76. The van der Waals surface area contributed by atoms with E-state index in [0.29, 0.717) is 5.56 Å². The lowest BCUT2D eigenvalue weighted by molar-refractivity contribution is -0.129.